The first-order valence-electron chi connectivity index (χ1n) is 6.53. The molecule has 20 heavy (non-hydrogen) atoms. The zero-order valence-corrected chi connectivity index (χ0v) is 11.0. The molecule has 2 heteroatoms. The molecule has 98 valence electrons. The van der Waals surface area contributed by atoms with Crippen LogP contribution in [0.3, 0.4) is 0 Å². The van der Waals surface area contributed by atoms with Crippen molar-refractivity contribution >= 4 is 6.29 Å². The second-order valence-electron chi connectivity index (χ2n) is 4.66. The Morgan fingerprint density at radius 3 is 2.15 bits per heavy atom. The van der Waals surface area contributed by atoms with Crippen LogP contribution in [0.4, 0.5) is 0 Å². The Balaban J connectivity index is 1.78. The van der Waals surface area contributed by atoms with Gasteiger partial charge in [-0.25, -0.2) is 0 Å². The predicted molar refractivity (Wildman–Crippen MR) is 78.8 cm³/mol. The van der Waals surface area contributed by atoms with Crippen molar-refractivity contribution in [1.82, 2.24) is 0 Å². The van der Waals surface area contributed by atoms with Crippen LogP contribution in [-0.2, 0) is 6.42 Å². The molecule has 3 rings (SSSR count). The fraction of sp³-hybridized carbons (Fsp3) is 0.0556. The molecule has 3 aromatic rings. The smallest absolute Gasteiger partial charge is 0.185 e. The summed E-state index contributed by atoms with van der Waals surface area (Å²) in [7, 11) is 0. The maximum atomic E-state index is 10.6. The Labute approximate surface area is 117 Å². The van der Waals surface area contributed by atoms with E-state index in [1.165, 1.54) is 11.1 Å². The Bertz CT molecular complexity index is 694. The highest BCUT2D eigenvalue weighted by atomic mass is 16.3. The van der Waals surface area contributed by atoms with Gasteiger partial charge in [0.1, 0.15) is 5.76 Å². The molecule has 0 bridgehead atoms. The highest BCUT2D eigenvalue weighted by molar-refractivity contribution is 5.70. The van der Waals surface area contributed by atoms with Crippen LogP contribution in [0.15, 0.2) is 71.1 Å². The third kappa shape index (κ3) is 2.69. The molecular weight excluding hydrogens is 248 g/mol. The molecule has 0 atom stereocenters. The zero-order valence-electron chi connectivity index (χ0n) is 11.0. The number of aldehydes is 1. The third-order valence-electron chi connectivity index (χ3n) is 3.24. The Kier molecular flexibility index (Phi) is 3.46. The normalized spacial score (nSPS) is 10.4. The SMILES string of the molecule is O=Cc1ccc(Cc2ccc(-c3ccccc3)cc2)o1. The van der Waals surface area contributed by atoms with Crippen molar-refractivity contribution in [3.8, 4) is 11.1 Å². The Morgan fingerprint density at radius 1 is 0.800 bits per heavy atom. The molecular formula is C18H14O2. The lowest BCUT2D eigenvalue weighted by molar-refractivity contribution is 0.109. The molecule has 2 nitrogen and oxygen atoms in total. The summed E-state index contributed by atoms with van der Waals surface area (Å²) in [4.78, 5) is 10.6. The molecule has 1 aromatic heterocycles. The average Bonchev–Trinajstić information content (AvgIpc) is 2.97. The van der Waals surface area contributed by atoms with Crippen LogP contribution in [0.2, 0.25) is 0 Å². The van der Waals surface area contributed by atoms with Gasteiger partial charge in [-0.1, -0.05) is 54.6 Å². The minimum absolute atomic E-state index is 0.376. The van der Waals surface area contributed by atoms with Gasteiger partial charge in [0, 0.05) is 6.42 Å². The van der Waals surface area contributed by atoms with E-state index in [2.05, 4.69) is 36.4 Å². The van der Waals surface area contributed by atoms with Gasteiger partial charge < -0.3 is 4.42 Å². The summed E-state index contributed by atoms with van der Waals surface area (Å²) in [6, 6.07) is 22.2. The van der Waals surface area contributed by atoms with Gasteiger partial charge in [-0.3, -0.25) is 4.79 Å². The van der Waals surface area contributed by atoms with E-state index < -0.39 is 0 Å². The van der Waals surface area contributed by atoms with E-state index in [9.17, 15) is 4.79 Å². The summed E-state index contributed by atoms with van der Waals surface area (Å²) in [5.74, 6) is 1.18. The van der Waals surface area contributed by atoms with Gasteiger partial charge in [-0.05, 0) is 28.8 Å². The van der Waals surface area contributed by atoms with Gasteiger partial charge in [0.05, 0.1) is 0 Å². The molecule has 0 unspecified atom stereocenters. The van der Waals surface area contributed by atoms with E-state index >= 15 is 0 Å². The van der Waals surface area contributed by atoms with Crippen LogP contribution in [0.1, 0.15) is 21.9 Å². The number of benzene rings is 2. The van der Waals surface area contributed by atoms with Crippen LogP contribution in [0.5, 0.6) is 0 Å². The summed E-state index contributed by atoms with van der Waals surface area (Å²) >= 11 is 0. The average molecular weight is 262 g/mol. The van der Waals surface area contributed by atoms with Crippen molar-refractivity contribution in [3.63, 3.8) is 0 Å². The topological polar surface area (TPSA) is 30.2 Å². The van der Waals surface area contributed by atoms with Crippen LogP contribution < -0.4 is 0 Å². The third-order valence-corrected chi connectivity index (χ3v) is 3.24. The Hall–Kier alpha value is -2.61. The summed E-state index contributed by atoms with van der Waals surface area (Å²) in [6.45, 7) is 0. The lowest BCUT2D eigenvalue weighted by Gasteiger charge is -2.03. The van der Waals surface area contributed by atoms with Crippen LogP contribution in [-0.4, -0.2) is 6.29 Å². The van der Waals surface area contributed by atoms with E-state index in [-0.39, 0.29) is 0 Å². The van der Waals surface area contributed by atoms with Gasteiger partial charge >= 0.3 is 0 Å². The predicted octanol–water partition coefficient (Wildman–Crippen LogP) is 4.35. The molecule has 0 fully saturated rings. The quantitative estimate of drug-likeness (QED) is 0.654. The molecule has 1 heterocycles. The van der Waals surface area contributed by atoms with Crippen LogP contribution >= 0.6 is 0 Å². The zero-order chi connectivity index (χ0) is 13.8. The molecule has 0 N–H and O–H groups in total. The van der Waals surface area contributed by atoms with E-state index in [1.54, 1.807) is 6.07 Å². The van der Waals surface area contributed by atoms with E-state index in [1.807, 2.05) is 24.3 Å². The first kappa shape index (κ1) is 12.4. The maximum Gasteiger partial charge on any atom is 0.185 e. The van der Waals surface area contributed by atoms with Crippen molar-refractivity contribution in [2.24, 2.45) is 0 Å². The molecule has 0 amide bonds. The van der Waals surface area contributed by atoms with Crippen molar-refractivity contribution in [1.29, 1.82) is 0 Å². The summed E-state index contributed by atoms with van der Waals surface area (Å²) in [5, 5.41) is 0. The van der Waals surface area contributed by atoms with Gasteiger partial charge in [-0.15, -0.1) is 0 Å². The molecule has 0 aliphatic carbocycles. The molecule has 0 aliphatic heterocycles. The number of carbonyl (C=O) groups excluding carboxylic acids is 1. The summed E-state index contributed by atoms with van der Waals surface area (Å²) in [6.07, 6.45) is 1.42. The first-order valence-corrected chi connectivity index (χ1v) is 6.53. The number of hydrogen-bond acceptors (Lipinski definition) is 2. The number of carbonyl (C=O) groups is 1. The van der Waals surface area contributed by atoms with Gasteiger partial charge in [0.15, 0.2) is 12.0 Å². The number of hydrogen-bond donors (Lipinski definition) is 0. The first-order chi connectivity index (χ1) is 9.85. The van der Waals surface area contributed by atoms with Gasteiger partial charge in [-0.2, -0.15) is 0 Å². The highest BCUT2D eigenvalue weighted by Gasteiger charge is 2.03. The van der Waals surface area contributed by atoms with Crippen molar-refractivity contribution in [2.75, 3.05) is 0 Å². The second-order valence-corrected chi connectivity index (χ2v) is 4.66. The lowest BCUT2D eigenvalue weighted by Crippen LogP contribution is -1.86. The highest BCUT2D eigenvalue weighted by Crippen LogP contribution is 2.20. The molecule has 0 saturated heterocycles. The largest absolute Gasteiger partial charge is 0.458 e. The molecule has 0 spiro atoms. The van der Waals surface area contributed by atoms with E-state index in [0.29, 0.717) is 12.2 Å². The summed E-state index contributed by atoms with van der Waals surface area (Å²) in [5.41, 5.74) is 3.57. The van der Waals surface area contributed by atoms with Crippen molar-refractivity contribution in [2.45, 2.75) is 6.42 Å². The fourth-order valence-electron chi connectivity index (χ4n) is 2.20. The van der Waals surface area contributed by atoms with Crippen molar-refractivity contribution in [3.05, 3.63) is 83.8 Å². The minimum Gasteiger partial charge on any atom is -0.458 e. The van der Waals surface area contributed by atoms with Crippen LogP contribution in [0, 0.1) is 0 Å². The van der Waals surface area contributed by atoms with Crippen LogP contribution in [0.25, 0.3) is 11.1 Å². The van der Waals surface area contributed by atoms with Gasteiger partial charge in [0.2, 0.25) is 0 Å². The van der Waals surface area contributed by atoms with E-state index in [4.69, 9.17) is 4.42 Å². The van der Waals surface area contributed by atoms with Gasteiger partial charge in [0.25, 0.3) is 0 Å². The fourth-order valence-corrected chi connectivity index (χ4v) is 2.20. The minimum atomic E-state index is 0.376. The number of furan rings is 1. The standard InChI is InChI=1S/C18H14O2/c19-13-18-11-10-17(20-18)12-14-6-8-16(9-7-14)15-4-2-1-3-5-15/h1-11,13H,12H2. The molecule has 2 aromatic carbocycles. The Morgan fingerprint density at radius 2 is 1.50 bits per heavy atom. The van der Waals surface area contributed by atoms with E-state index in [0.717, 1.165) is 17.6 Å². The lowest BCUT2D eigenvalue weighted by atomic mass is 10.0. The second kappa shape index (κ2) is 5.57. The molecule has 0 saturated carbocycles. The molecule has 0 radical (unpaired) electrons. The van der Waals surface area contributed by atoms with Crippen molar-refractivity contribution < 1.29 is 9.21 Å². The maximum absolute atomic E-state index is 10.6. The number of rotatable bonds is 4. The monoisotopic (exact) mass is 262 g/mol. The summed E-state index contributed by atoms with van der Waals surface area (Å²) < 4.78 is 5.38. The molecule has 0 aliphatic rings.